The molecule has 2 aromatic carbocycles. The maximum atomic E-state index is 11.7. The van der Waals surface area contributed by atoms with Gasteiger partial charge in [-0.2, -0.15) is 0 Å². The van der Waals surface area contributed by atoms with E-state index < -0.39 is 5.91 Å². The number of hydroxylamine groups is 1. The Morgan fingerprint density at radius 3 is 2.38 bits per heavy atom. The Kier molecular flexibility index (Phi) is 9.44. The van der Waals surface area contributed by atoms with Gasteiger partial charge >= 0.3 is 0 Å². The predicted octanol–water partition coefficient (Wildman–Crippen LogP) is 6.00. The van der Waals surface area contributed by atoms with Crippen LogP contribution in [0.5, 0.6) is 5.75 Å². The van der Waals surface area contributed by atoms with Gasteiger partial charge in [-0.15, -0.1) is 0 Å². The zero-order valence-corrected chi connectivity index (χ0v) is 19.3. The standard InChI is InChI=1S/C22H19N3O3.2C2H6/c1-28-16-10-11-17-18(12-15-8-5-9-19(23-15)22(26)25-27)21(24-20(17)13-16)14-6-3-2-4-7-14;2*1-2/h2-11,13,24,27H,12H2,1H3,(H,25,26);2*1-2H3. The number of benzene rings is 2. The first-order chi connectivity index (χ1) is 15.7. The zero-order valence-electron chi connectivity index (χ0n) is 19.3. The van der Waals surface area contributed by atoms with Crippen molar-refractivity contribution in [3.05, 3.63) is 83.7 Å². The summed E-state index contributed by atoms with van der Waals surface area (Å²) in [5.41, 5.74) is 6.65. The van der Waals surface area contributed by atoms with Gasteiger partial charge in [-0.25, -0.2) is 10.5 Å². The number of aromatic amines is 1. The first-order valence-corrected chi connectivity index (χ1v) is 10.8. The highest BCUT2D eigenvalue weighted by molar-refractivity contribution is 5.92. The molecule has 0 unspecified atom stereocenters. The molecule has 0 bridgehead atoms. The van der Waals surface area contributed by atoms with Gasteiger partial charge in [0.2, 0.25) is 0 Å². The van der Waals surface area contributed by atoms with Gasteiger partial charge in [0.05, 0.1) is 12.8 Å². The number of ether oxygens (including phenoxy) is 1. The largest absolute Gasteiger partial charge is 0.497 e. The Morgan fingerprint density at radius 1 is 1.00 bits per heavy atom. The lowest BCUT2D eigenvalue weighted by molar-refractivity contribution is 0.0700. The molecular formula is C26H31N3O3. The van der Waals surface area contributed by atoms with Crippen molar-refractivity contribution in [2.75, 3.05) is 7.11 Å². The van der Waals surface area contributed by atoms with Gasteiger partial charge in [0.1, 0.15) is 11.4 Å². The van der Waals surface area contributed by atoms with Gasteiger partial charge in [0.25, 0.3) is 5.91 Å². The molecule has 32 heavy (non-hydrogen) atoms. The quantitative estimate of drug-likeness (QED) is 0.266. The van der Waals surface area contributed by atoms with E-state index in [1.165, 1.54) is 0 Å². The highest BCUT2D eigenvalue weighted by Crippen LogP contribution is 2.33. The Morgan fingerprint density at radius 2 is 1.72 bits per heavy atom. The maximum Gasteiger partial charge on any atom is 0.293 e. The monoisotopic (exact) mass is 433 g/mol. The number of H-pyrrole nitrogens is 1. The first-order valence-electron chi connectivity index (χ1n) is 10.8. The lowest BCUT2D eigenvalue weighted by Gasteiger charge is -2.07. The van der Waals surface area contributed by atoms with Gasteiger partial charge in [-0.05, 0) is 35.4 Å². The maximum absolute atomic E-state index is 11.7. The third kappa shape index (κ3) is 5.53. The van der Waals surface area contributed by atoms with Crippen LogP contribution in [0.3, 0.4) is 0 Å². The highest BCUT2D eigenvalue weighted by Gasteiger charge is 2.16. The SMILES string of the molecule is CC.CC.COc1ccc2c(Cc3cccc(C(=O)NO)n3)c(-c3ccccc3)[nH]c2c1. The highest BCUT2D eigenvalue weighted by atomic mass is 16.5. The zero-order chi connectivity index (χ0) is 23.5. The summed E-state index contributed by atoms with van der Waals surface area (Å²) in [6, 6.07) is 21.2. The van der Waals surface area contributed by atoms with Crippen molar-refractivity contribution in [2.45, 2.75) is 34.1 Å². The number of methoxy groups -OCH3 is 1. The van der Waals surface area contributed by atoms with Crippen LogP contribution >= 0.6 is 0 Å². The molecule has 0 fully saturated rings. The van der Waals surface area contributed by atoms with Crippen LogP contribution in [0.4, 0.5) is 0 Å². The van der Waals surface area contributed by atoms with Crippen molar-refractivity contribution in [1.29, 1.82) is 0 Å². The normalized spacial score (nSPS) is 9.81. The van der Waals surface area contributed by atoms with E-state index in [4.69, 9.17) is 9.94 Å². The topological polar surface area (TPSA) is 87.2 Å². The van der Waals surface area contributed by atoms with E-state index in [0.717, 1.165) is 39.2 Å². The van der Waals surface area contributed by atoms with Crippen molar-refractivity contribution in [2.24, 2.45) is 0 Å². The molecular weight excluding hydrogens is 402 g/mol. The molecule has 0 aliphatic heterocycles. The Bertz CT molecular complexity index is 1140. The first kappa shape index (κ1) is 24.6. The number of rotatable bonds is 5. The van der Waals surface area contributed by atoms with Gasteiger partial charge in [0.15, 0.2) is 0 Å². The second-order valence-corrected chi connectivity index (χ2v) is 6.39. The molecule has 4 aromatic rings. The number of nitrogens with zero attached hydrogens (tertiary/aromatic N) is 1. The van der Waals surface area contributed by atoms with Crippen molar-refractivity contribution in [3.63, 3.8) is 0 Å². The molecule has 0 saturated heterocycles. The van der Waals surface area contributed by atoms with Crippen LogP contribution < -0.4 is 10.2 Å². The number of nitrogens with one attached hydrogen (secondary N) is 2. The van der Waals surface area contributed by atoms with Crippen molar-refractivity contribution < 1.29 is 14.7 Å². The van der Waals surface area contributed by atoms with E-state index in [1.54, 1.807) is 24.7 Å². The summed E-state index contributed by atoms with van der Waals surface area (Å²) in [5, 5.41) is 9.93. The van der Waals surface area contributed by atoms with Crippen LogP contribution in [0.25, 0.3) is 22.2 Å². The van der Waals surface area contributed by atoms with E-state index in [2.05, 4.69) is 22.1 Å². The van der Waals surface area contributed by atoms with Crippen LogP contribution in [0.1, 0.15) is 49.4 Å². The molecule has 6 heteroatoms. The molecule has 6 nitrogen and oxygen atoms in total. The average molecular weight is 434 g/mol. The molecule has 168 valence electrons. The fourth-order valence-corrected chi connectivity index (χ4v) is 3.34. The fraction of sp³-hybridized carbons (Fsp3) is 0.231. The number of pyridine rings is 1. The van der Waals surface area contributed by atoms with Crippen LogP contribution in [0.15, 0.2) is 66.7 Å². The van der Waals surface area contributed by atoms with E-state index in [0.29, 0.717) is 6.42 Å². The van der Waals surface area contributed by atoms with E-state index >= 15 is 0 Å². The number of hydrogen-bond donors (Lipinski definition) is 3. The molecule has 0 radical (unpaired) electrons. The summed E-state index contributed by atoms with van der Waals surface area (Å²) in [6.07, 6.45) is 0.531. The molecule has 0 aliphatic carbocycles. The third-order valence-corrected chi connectivity index (χ3v) is 4.67. The molecule has 1 amide bonds. The summed E-state index contributed by atoms with van der Waals surface area (Å²) in [7, 11) is 1.64. The van der Waals surface area contributed by atoms with Crippen molar-refractivity contribution in [3.8, 4) is 17.0 Å². The van der Waals surface area contributed by atoms with Crippen LogP contribution in [-0.2, 0) is 6.42 Å². The molecule has 0 aliphatic rings. The second kappa shape index (κ2) is 12.3. The van der Waals surface area contributed by atoms with E-state index in [-0.39, 0.29) is 5.69 Å². The minimum Gasteiger partial charge on any atom is -0.497 e. The summed E-state index contributed by atoms with van der Waals surface area (Å²) in [5.74, 6) is 0.147. The Hall–Kier alpha value is -3.64. The third-order valence-electron chi connectivity index (χ3n) is 4.67. The minimum absolute atomic E-state index is 0.169. The van der Waals surface area contributed by atoms with Gasteiger partial charge in [-0.3, -0.25) is 10.0 Å². The van der Waals surface area contributed by atoms with Crippen LogP contribution in [0.2, 0.25) is 0 Å². The predicted molar refractivity (Wildman–Crippen MR) is 129 cm³/mol. The van der Waals surface area contributed by atoms with Gasteiger partial charge in [-0.1, -0.05) is 64.1 Å². The van der Waals surface area contributed by atoms with Crippen molar-refractivity contribution >= 4 is 16.8 Å². The number of hydrogen-bond acceptors (Lipinski definition) is 4. The van der Waals surface area contributed by atoms with E-state index in [1.807, 2.05) is 70.2 Å². The fourth-order valence-electron chi connectivity index (χ4n) is 3.34. The minimum atomic E-state index is -0.631. The lowest BCUT2D eigenvalue weighted by Crippen LogP contribution is -2.20. The molecule has 3 N–H and O–H groups in total. The summed E-state index contributed by atoms with van der Waals surface area (Å²) in [4.78, 5) is 19.6. The van der Waals surface area contributed by atoms with Gasteiger partial charge < -0.3 is 9.72 Å². The molecule has 2 aromatic heterocycles. The molecule has 2 heterocycles. The summed E-state index contributed by atoms with van der Waals surface area (Å²) < 4.78 is 5.35. The second-order valence-electron chi connectivity index (χ2n) is 6.39. The number of fused-ring (bicyclic) bond motifs is 1. The number of aromatic nitrogens is 2. The molecule has 4 rings (SSSR count). The number of carbonyl (C=O) groups is 1. The van der Waals surface area contributed by atoms with Gasteiger partial charge in [0, 0.05) is 29.1 Å². The van der Waals surface area contributed by atoms with Crippen molar-refractivity contribution in [1.82, 2.24) is 15.4 Å². The smallest absolute Gasteiger partial charge is 0.293 e. The van der Waals surface area contributed by atoms with Crippen LogP contribution in [0, 0.1) is 0 Å². The van der Waals surface area contributed by atoms with E-state index in [9.17, 15) is 4.79 Å². The molecule has 0 saturated carbocycles. The Balaban J connectivity index is 0.000000860. The average Bonchev–Trinajstić information content (AvgIpc) is 3.24. The number of carbonyl (C=O) groups excluding carboxylic acids is 1. The molecule has 0 spiro atoms. The molecule has 0 atom stereocenters. The summed E-state index contributed by atoms with van der Waals surface area (Å²) in [6.45, 7) is 8.00. The lowest BCUT2D eigenvalue weighted by atomic mass is 10.0. The summed E-state index contributed by atoms with van der Waals surface area (Å²) >= 11 is 0. The number of amides is 1. The Labute approximate surface area is 189 Å². The van der Waals surface area contributed by atoms with Crippen LogP contribution in [-0.4, -0.2) is 28.2 Å².